The molecule has 0 aliphatic rings. The first kappa shape index (κ1) is 31.9. The molecule has 0 aliphatic heterocycles. The van der Waals surface area contributed by atoms with Gasteiger partial charge in [0.25, 0.3) is 0 Å². The fourth-order valence-corrected chi connectivity index (χ4v) is 3.96. The van der Waals surface area contributed by atoms with Gasteiger partial charge in [-0.2, -0.15) is 0 Å². The molecule has 0 aliphatic carbocycles. The lowest BCUT2D eigenvalue weighted by molar-refractivity contribution is -0.161. The molecule has 0 rings (SSSR count). The smallest absolute Gasteiger partial charge is 0.306 e. The number of ether oxygens (including phenoxy) is 2. The maximum atomic E-state index is 11.9. The lowest BCUT2D eigenvalue weighted by Gasteiger charge is -2.15. The molecule has 0 saturated carbocycles. The highest BCUT2D eigenvalue weighted by Crippen LogP contribution is 2.13. The van der Waals surface area contributed by atoms with Gasteiger partial charge in [0.15, 0.2) is 6.10 Å². The van der Waals surface area contributed by atoms with Gasteiger partial charge in [0, 0.05) is 12.8 Å². The quantitative estimate of drug-likeness (QED) is 0.109. The lowest BCUT2D eigenvalue weighted by Crippen LogP contribution is -2.28. The zero-order valence-electron chi connectivity index (χ0n) is 21.9. The maximum Gasteiger partial charge on any atom is 0.306 e. The van der Waals surface area contributed by atoms with Crippen LogP contribution in [0.15, 0.2) is 0 Å². The van der Waals surface area contributed by atoms with Crippen LogP contribution in [0.3, 0.4) is 0 Å². The summed E-state index contributed by atoms with van der Waals surface area (Å²) in [6.45, 7) is 4.03. The van der Waals surface area contributed by atoms with Crippen molar-refractivity contribution in [2.24, 2.45) is 0 Å². The van der Waals surface area contributed by atoms with E-state index in [1.165, 1.54) is 89.9 Å². The van der Waals surface area contributed by atoms with Crippen LogP contribution in [0, 0.1) is 0 Å². The van der Waals surface area contributed by atoms with Crippen molar-refractivity contribution >= 4 is 11.9 Å². The Kier molecular flexibility index (Phi) is 24.7. The molecule has 0 saturated heterocycles. The second kappa shape index (κ2) is 25.5. The van der Waals surface area contributed by atoms with Gasteiger partial charge in [-0.15, -0.1) is 0 Å². The molecule has 0 aromatic carbocycles. The Morgan fingerprint density at radius 1 is 0.576 bits per heavy atom. The average molecular weight is 471 g/mol. The van der Waals surface area contributed by atoms with Crippen molar-refractivity contribution in [3.63, 3.8) is 0 Å². The number of aliphatic hydroxyl groups excluding tert-OH is 1. The Bertz CT molecular complexity index is 438. The van der Waals surface area contributed by atoms with Crippen LogP contribution in [0.4, 0.5) is 0 Å². The zero-order chi connectivity index (χ0) is 24.4. The normalized spacial score (nSPS) is 12.0. The second-order valence-corrected chi connectivity index (χ2v) is 9.49. The number of rotatable bonds is 25. The van der Waals surface area contributed by atoms with E-state index in [-0.39, 0.29) is 25.2 Å². The molecule has 0 bridgehead atoms. The van der Waals surface area contributed by atoms with Gasteiger partial charge in [-0.25, -0.2) is 0 Å². The number of hydrogen-bond acceptors (Lipinski definition) is 5. The fourth-order valence-electron chi connectivity index (χ4n) is 3.96. The van der Waals surface area contributed by atoms with Crippen molar-refractivity contribution in [1.82, 2.24) is 0 Å². The third kappa shape index (κ3) is 23.8. The molecule has 0 fully saturated rings. The summed E-state index contributed by atoms with van der Waals surface area (Å²) in [5, 5.41) is 9.37. The third-order valence-electron chi connectivity index (χ3n) is 6.15. The van der Waals surface area contributed by atoms with E-state index < -0.39 is 6.10 Å². The predicted molar refractivity (Wildman–Crippen MR) is 136 cm³/mol. The minimum absolute atomic E-state index is 0.0600. The molecular weight excluding hydrogens is 416 g/mol. The molecule has 1 atom stereocenters. The molecule has 0 amide bonds. The van der Waals surface area contributed by atoms with Crippen LogP contribution < -0.4 is 0 Å². The second-order valence-electron chi connectivity index (χ2n) is 9.49. The molecule has 0 radical (unpaired) electrons. The highest BCUT2D eigenvalue weighted by atomic mass is 16.6. The maximum absolute atomic E-state index is 11.9. The monoisotopic (exact) mass is 470 g/mol. The minimum atomic E-state index is -0.756. The summed E-state index contributed by atoms with van der Waals surface area (Å²) in [5.41, 5.74) is 0. The summed E-state index contributed by atoms with van der Waals surface area (Å²) in [6.07, 6.45) is 23.2. The van der Waals surface area contributed by atoms with Gasteiger partial charge in [0.2, 0.25) is 0 Å². The predicted octanol–water partition coefficient (Wildman–Crippen LogP) is 7.67. The van der Waals surface area contributed by atoms with Crippen molar-refractivity contribution in [2.75, 3.05) is 13.2 Å². The standard InChI is InChI=1S/C28H54O5/c1-3-5-7-9-10-11-12-13-14-15-16-17-19-20-22-27(30)32-25-26(24-29)33-28(31)23-21-18-8-6-4-2/h26,29H,3-25H2,1-2H3/t26-/m0/s1. The lowest BCUT2D eigenvalue weighted by atomic mass is 10.0. The molecule has 0 spiro atoms. The Labute approximate surface area is 204 Å². The van der Waals surface area contributed by atoms with E-state index in [1.807, 2.05) is 0 Å². The van der Waals surface area contributed by atoms with Crippen molar-refractivity contribution in [3.05, 3.63) is 0 Å². The van der Waals surface area contributed by atoms with Gasteiger partial charge < -0.3 is 14.6 Å². The molecule has 1 N–H and O–H groups in total. The molecular formula is C28H54O5. The molecule has 196 valence electrons. The summed E-state index contributed by atoms with van der Waals surface area (Å²) < 4.78 is 10.4. The first-order chi connectivity index (χ1) is 16.1. The van der Waals surface area contributed by atoms with Crippen molar-refractivity contribution < 1.29 is 24.2 Å². The van der Waals surface area contributed by atoms with Crippen LogP contribution in [0.5, 0.6) is 0 Å². The van der Waals surface area contributed by atoms with Gasteiger partial charge >= 0.3 is 11.9 Å². The van der Waals surface area contributed by atoms with Gasteiger partial charge in [-0.1, -0.05) is 123 Å². The first-order valence-corrected chi connectivity index (χ1v) is 14.1. The molecule has 0 aromatic rings. The Hall–Kier alpha value is -1.10. The largest absolute Gasteiger partial charge is 0.462 e. The minimum Gasteiger partial charge on any atom is -0.462 e. The first-order valence-electron chi connectivity index (χ1n) is 14.1. The van der Waals surface area contributed by atoms with Gasteiger partial charge in [0.1, 0.15) is 6.61 Å². The van der Waals surface area contributed by atoms with E-state index in [4.69, 9.17) is 9.47 Å². The summed E-state index contributed by atoms with van der Waals surface area (Å²) in [4.78, 5) is 23.7. The molecule has 5 nitrogen and oxygen atoms in total. The van der Waals surface area contributed by atoms with Gasteiger partial charge in [0.05, 0.1) is 6.61 Å². The molecule has 33 heavy (non-hydrogen) atoms. The van der Waals surface area contributed by atoms with Crippen LogP contribution in [-0.2, 0) is 19.1 Å². The molecule has 0 aromatic heterocycles. The fraction of sp³-hybridized carbons (Fsp3) is 0.929. The highest BCUT2D eigenvalue weighted by Gasteiger charge is 2.16. The summed E-state index contributed by atoms with van der Waals surface area (Å²) in [6, 6.07) is 0. The van der Waals surface area contributed by atoms with Crippen molar-refractivity contribution in [2.45, 2.75) is 155 Å². The van der Waals surface area contributed by atoms with Gasteiger partial charge in [-0.3, -0.25) is 9.59 Å². The number of hydrogen-bond donors (Lipinski definition) is 1. The van der Waals surface area contributed by atoms with E-state index in [0.717, 1.165) is 32.1 Å². The summed E-state index contributed by atoms with van der Waals surface area (Å²) in [5.74, 6) is -0.600. The van der Waals surface area contributed by atoms with Crippen LogP contribution in [0.2, 0.25) is 0 Å². The topological polar surface area (TPSA) is 72.8 Å². The van der Waals surface area contributed by atoms with Gasteiger partial charge in [-0.05, 0) is 12.8 Å². The van der Waals surface area contributed by atoms with Crippen LogP contribution in [0.1, 0.15) is 149 Å². The van der Waals surface area contributed by atoms with E-state index in [2.05, 4.69) is 13.8 Å². The SMILES string of the molecule is CCCCCCCCCCCCCCCCC(=O)OC[C@H](CO)OC(=O)CCCCCCC. The summed E-state index contributed by atoms with van der Waals surface area (Å²) >= 11 is 0. The highest BCUT2D eigenvalue weighted by molar-refractivity contribution is 5.70. The van der Waals surface area contributed by atoms with E-state index in [9.17, 15) is 14.7 Å². The van der Waals surface area contributed by atoms with Crippen molar-refractivity contribution in [1.29, 1.82) is 0 Å². The Balaban J connectivity index is 3.51. The molecule has 0 unspecified atom stereocenters. The summed E-state index contributed by atoms with van der Waals surface area (Å²) in [7, 11) is 0. The Morgan fingerprint density at radius 2 is 0.939 bits per heavy atom. The van der Waals surface area contributed by atoms with Crippen LogP contribution in [-0.4, -0.2) is 36.4 Å². The van der Waals surface area contributed by atoms with E-state index in [0.29, 0.717) is 12.8 Å². The zero-order valence-corrected chi connectivity index (χ0v) is 21.9. The Morgan fingerprint density at radius 3 is 1.33 bits per heavy atom. The molecule has 5 heteroatoms. The van der Waals surface area contributed by atoms with Crippen LogP contribution in [0.25, 0.3) is 0 Å². The number of esters is 2. The van der Waals surface area contributed by atoms with Crippen LogP contribution >= 0.6 is 0 Å². The number of carbonyl (C=O) groups excluding carboxylic acids is 2. The third-order valence-corrected chi connectivity index (χ3v) is 6.15. The number of aliphatic hydroxyl groups is 1. The number of unbranched alkanes of at least 4 members (excludes halogenated alkanes) is 17. The average Bonchev–Trinajstić information content (AvgIpc) is 2.81. The van der Waals surface area contributed by atoms with Crippen molar-refractivity contribution in [3.8, 4) is 0 Å². The number of carbonyl (C=O) groups is 2. The molecule has 0 heterocycles. The van der Waals surface area contributed by atoms with E-state index >= 15 is 0 Å². The van der Waals surface area contributed by atoms with E-state index in [1.54, 1.807) is 0 Å².